The van der Waals surface area contributed by atoms with Crippen LogP contribution in [-0.4, -0.2) is 14.3 Å². The zero-order chi connectivity index (χ0) is 20.9. The highest BCUT2D eigenvalue weighted by Gasteiger charge is 2.14. The van der Waals surface area contributed by atoms with Gasteiger partial charge in [0, 0.05) is 12.1 Å². The summed E-state index contributed by atoms with van der Waals surface area (Å²) in [5.74, 6) is -1.64. The number of rotatable bonds is 7. The fourth-order valence-corrected chi connectivity index (χ4v) is 3.37. The molecule has 150 valence electrons. The maximum atomic E-state index is 13.5. The number of hydrogen-bond acceptors (Lipinski definition) is 4. The maximum absolute atomic E-state index is 13.5. The van der Waals surface area contributed by atoms with Gasteiger partial charge in [0.05, 0.1) is 17.1 Å². The average molecular weight is 418 g/mol. The molecule has 2 aromatic carbocycles. The van der Waals surface area contributed by atoms with Gasteiger partial charge in [0.25, 0.3) is 0 Å². The van der Waals surface area contributed by atoms with E-state index >= 15 is 0 Å². The van der Waals surface area contributed by atoms with Crippen LogP contribution < -0.4 is 10.0 Å². The minimum absolute atomic E-state index is 0.0714. The van der Waals surface area contributed by atoms with E-state index in [4.69, 9.17) is 4.42 Å². The third kappa shape index (κ3) is 5.59. The van der Waals surface area contributed by atoms with E-state index in [0.717, 1.165) is 18.2 Å². The Kier molecular flexibility index (Phi) is 6.20. The van der Waals surface area contributed by atoms with Crippen LogP contribution in [0.15, 0.2) is 76.1 Å². The van der Waals surface area contributed by atoms with E-state index < -0.39 is 27.6 Å². The minimum Gasteiger partial charge on any atom is -0.460 e. The predicted octanol–water partition coefficient (Wildman–Crippen LogP) is 3.69. The molecule has 0 aliphatic heterocycles. The Bertz CT molecular complexity index is 1140. The largest absolute Gasteiger partial charge is 0.460 e. The van der Waals surface area contributed by atoms with E-state index in [1.54, 1.807) is 30.3 Å². The molecule has 0 spiro atoms. The Balaban J connectivity index is 1.57. The van der Waals surface area contributed by atoms with Crippen molar-refractivity contribution in [3.8, 4) is 0 Å². The quantitative estimate of drug-likeness (QED) is 0.573. The highest BCUT2D eigenvalue weighted by Crippen LogP contribution is 2.16. The van der Waals surface area contributed by atoms with E-state index in [-0.39, 0.29) is 17.1 Å². The zero-order valence-electron chi connectivity index (χ0n) is 14.9. The monoisotopic (exact) mass is 418 g/mol. The van der Waals surface area contributed by atoms with Crippen LogP contribution in [0.3, 0.4) is 0 Å². The lowest BCUT2D eigenvalue weighted by Crippen LogP contribution is -2.22. The fourth-order valence-electron chi connectivity index (χ4n) is 2.35. The lowest BCUT2D eigenvalue weighted by Gasteiger charge is -2.04. The summed E-state index contributed by atoms with van der Waals surface area (Å²) in [5, 5.41) is 2.28. The second kappa shape index (κ2) is 8.80. The van der Waals surface area contributed by atoms with Gasteiger partial charge in [-0.3, -0.25) is 4.79 Å². The molecule has 3 aromatic rings. The molecule has 0 radical (unpaired) electrons. The van der Waals surface area contributed by atoms with Crippen LogP contribution in [0.2, 0.25) is 0 Å². The predicted molar refractivity (Wildman–Crippen MR) is 103 cm³/mol. The van der Waals surface area contributed by atoms with E-state index in [9.17, 15) is 22.0 Å². The van der Waals surface area contributed by atoms with Crippen molar-refractivity contribution in [2.75, 3.05) is 5.32 Å². The second-order valence-corrected chi connectivity index (χ2v) is 7.66. The van der Waals surface area contributed by atoms with E-state index in [1.807, 2.05) is 0 Å². The molecule has 3 rings (SSSR count). The highest BCUT2D eigenvalue weighted by molar-refractivity contribution is 7.89. The number of carbonyl (C=O) groups is 1. The van der Waals surface area contributed by atoms with Gasteiger partial charge in [-0.25, -0.2) is 21.9 Å². The van der Waals surface area contributed by atoms with Gasteiger partial charge in [0.1, 0.15) is 23.2 Å². The summed E-state index contributed by atoms with van der Waals surface area (Å²) in [6, 6.07) is 13.8. The van der Waals surface area contributed by atoms with Gasteiger partial charge in [-0.1, -0.05) is 18.2 Å². The molecule has 1 amide bonds. The molecule has 0 aliphatic rings. The Labute approximate surface area is 165 Å². The van der Waals surface area contributed by atoms with Crippen LogP contribution in [0.5, 0.6) is 0 Å². The van der Waals surface area contributed by atoms with Gasteiger partial charge in [-0.2, -0.15) is 0 Å². The zero-order valence-corrected chi connectivity index (χ0v) is 15.7. The third-order valence-electron chi connectivity index (χ3n) is 3.76. The van der Waals surface area contributed by atoms with Gasteiger partial charge < -0.3 is 9.73 Å². The van der Waals surface area contributed by atoms with Crippen molar-refractivity contribution in [2.24, 2.45) is 0 Å². The number of sulfonamides is 1. The third-order valence-corrected chi connectivity index (χ3v) is 5.18. The maximum Gasteiger partial charge on any atom is 0.248 e. The highest BCUT2D eigenvalue weighted by atomic mass is 32.2. The summed E-state index contributed by atoms with van der Waals surface area (Å²) in [7, 11) is -3.67. The smallest absolute Gasteiger partial charge is 0.248 e. The summed E-state index contributed by atoms with van der Waals surface area (Å²) in [6.07, 6.45) is 2.45. The first-order valence-corrected chi connectivity index (χ1v) is 9.89. The Hall–Kier alpha value is -3.30. The normalized spacial score (nSPS) is 11.7. The molecular weight excluding hydrogens is 402 g/mol. The Morgan fingerprint density at radius 1 is 1.03 bits per heavy atom. The molecule has 0 bridgehead atoms. The van der Waals surface area contributed by atoms with Crippen LogP contribution in [0, 0.1) is 11.6 Å². The Morgan fingerprint density at radius 3 is 2.52 bits per heavy atom. The van der Waals surface area contributed by atoms with Crippen molar-refractivity contribution >= 4 is 27.7 Å². The number of hydrogen-bond donors (Lipinski definition) is 2. The van der Waals surface area contributed by atoms with Crippen molar-refractivity contribution in [1.82, 2.24) is 4.72 Å². The van der Waals surface area contributed by atoms with Crippen molar-refractivity contribution in [1.29, 1.82) is 0 Å². The van der Waals surface area contributed by atoms with E-state index in [0.29, 0.717) is 17.6 Å². The first kappa shape index (κ1) is 20.4. The molecule has 2 N–H and O–H groups in total. The van der Waals surface area contributed by atoms with Gasteiger partial charge in [-0.05, 0) is 42.5 Å². The van der Waals surface area contributed by atoms with E-state index in [1.165, 1.54) is 18.2 Å². The molecule has 0 unspecified atom stereocenters. The summed E-state index contributed by atoms with van der Waals surface area (Å²) in [6.45, 7) is -0.0714. The molecule has 1 aromatic heterocycles. The molecule has 6 nitrogen and oxygen atoms in total. The number of carbonyl (C=O) groups excluding carboxylic acids is 1. The average Bonchev–Trinajstić information content (AvgIpc) is 3.16. The second-order valence-electron chi connectivity index (χ2n) is 5.89. The van der Waals surface area contributed by atoms with Gasteiger partial charge in [0.2, 0.25) is 15.9 Å². The lowest BCUT2D eigenvalue weighted by atomic mass is 10.3. The number of anilines is 1. The standard InChI is InChI=1S/C20H16F2N2O4S/c21-14-6-10-19(18(22)12-14)24-20(25)11-9-15-7-8-16(28-15)13-23-29(26,27)17-4-2-1-3-5-17/h1-12,23H,13H2,(H,24,25)/b11-9+. The van der Waals surface area contributed by atoms with Crippen LogP contribution in [0.4, 0.5) is 14.5 Å². The topological polar surface area (TPSA) is 88.4 Å². The van der Waals surface area contributed by atoms with Gasteiger partial charge in [-0.15, -0.1) is 0 Å². The van der Waals surface area contributed by atoms with Crippen molar-refractivity contribution in [3.05, 3.63) is 89.9 Å². The summed E-state index contributed by atoms with van der Waals surface area (Å²) < 4.78 is 58.6. The first-order chi connectivity index (χ1) is 13.8. The van der Waals surface area contributed by atoms with Crippen molar-refractivity contribution < 1.29 is 26.4 Å². The first-order valence-electron chi connectivity index (χ1n) is 8.41. The summed E-state index contributed by atoms with van der Waals surface area (Å²) >= 11 is 0. The van der Waals surface area contributed by atoms with Gasteiger partial charge >= 0.3 is 0 Å². The molecule has 0 fully saturated rings. The SMILES string of the molecule is O=C(/C=C/c1ccc(CNS(=O)(=O)c2ccccc2)o1)Nc1ccc(F)cc1F. The van der Waals surface area contributed by atoms with Crippen molar-refractivity contribution in [2.45, 2.75) is 11.4 Å². The molecule has 9 heteroatoms. The van der Waals surface area contributed by atoms with Crippen LogP contribution in [0.1, 0.15) is 11.5 Å². The van der Waals surface area contributed by atoms with Crippen LogP contribution in [-0.2, 0) is 21.4 Å². The molecule has 29 heavy (non-hydrogen) atoms. The van der Waals surface area contributed by atoms with Gasteiger partial charge in [0.15, 0.2) is 0 Å². The molecule has 0 aliphatic carbocycles. The summed E-state index contributed by atoms with van der Waals surface area (Å²) in [4.78, 5) is 12.0. The minimum atomic E-state index is -3.67. The molecule has 0 saturated carbocycles. The molecule has 0 atom stereocenters. The Morgan fingerprint density at radius 2 is 1.79 bits per heavy atom. The number of halogens is 2. The fraction of sp³-hybridized carbons (Fsp3) is 0.0500. The summed E-state index contributed by atoms with van der Waals surface area (Å²) in [5.41, 5.74) is -0.156. The molecular formula is C20H16F2N2O4S. The molecule has 0 saturated heterocycles. The van der Waals surface area contributed by atoms with Crippen LogP contribution in [0.25, 0.3) is 6.08 Å². The number of nitrogens with one attached hydrogen (secondary N) is 2. The molecule has 1 heterocycles. The number of furan rings is 1. The number of amides is 1. The lowest BCUT2D eigenvalue weighted by molar-refractivity contribution is -0.111. The van der Waals surface area contributed by atoms with E-state index in [2.05, 4.69) is 10.0 Å². The number of benzene rings is 2. The van der Waals surface area contributed by atoms with Crippen molar-refractivity contribution in [3.63, 3.8) is 0 Å². The van der Waals surface area contributed by atoms with Crippen LogP contribution >= 0.6 is 0 Å².